The molecule has 1 aromatic carbocycles. The molecular weight excluding hydrogens is 204 g/mol. The van der Waals surface area contributed by atoms with E-state index >= 15 is 0 Å². The van der Waals surface area contributed by atoms with Crippen LogP contribution in [0.5, 0.6) is 5.75 Å². The van der Waals surface area contributed by atoms with Crippen LogP contribution in [0.4, 0.5) is 11.4 Å². The summed E-state index contributed by atoms with van der Waals surface area (Å²) in [6, 6.07) is 5.43. The number of rotatable bonds is 0. The number of hydrogen-bond acceptors (Lipinski definition) is 3. The van der Waals surface area contributed by atoms with E-state index in [9.17, 15) is 4.79 Å². The highest BCUT2D eigenvalue weighted by Crippen LogP contribution is 2.39. The van der Waals surface area contributed by atoms with Gasteiger partial charge in [-0.05, 0) is 26.0 Å². The Bertz CT molecular complexity index is 441. The number of nitrogens with two attached hydrogens (primary N) is 1. The van der Waals surface area contributed by atoms with Gasteiger partial charge in [0.1, 0.15) is 6.61 Å². The highest BCUT2D eigenvalue weighted by atomic mass is 16.5. The molecule has 0 aliphatic carbocycles. The third kappa shape index (κ3) is 1.50. The number of anilines is 2. The van der Waals surface area contributed by atoms with Crippen molar-refractivity contribution in [3.05, 3.63) is 18.2 Å². The van der Waals surface area contributed by atoms with E-state index in [1.165, 1.54) is 0 Å². The number of amides is 1. The average molecular weight is 220 g/mol. The van der Waals surface area contributed by atoms with Crippen molar-refractivity contribution in [1.29, 1.82) is 0 Å². The van der Waals surface area contributed by atoms with Gasteiger partial charge in [-0.3, -0.25) is 4.79 Å². The zero-order chi connectivity index (χ0) is 11.9. The minimum atomic E-state index is -0.528. The van der Waals surface area contributed by atoms with Crippen molar-refractivity contribution in [1.82, 2.24) is 0 Å². The molecule has 0 saturated heterocycles. The number of benzene rings is 1. The standard InChI is InChI=1S/C12H16N2O2/c1-12(2)7-16-10-8(13)5-4-6-9(10)14(3)11(12)15/h4-6H,7,13H2,1-3H3. The molecule has 4 heteroatoms. The Kier molecular flexibility index (Phi) is 2.30. The van der Waals surface area contributed by atoms with E-state index in [2.05, 4.69) is 0 Å². The molecule has 4 nitrogen and oxygen atoms in total. The Balaban J connectivity index is 2.55. The van der Waals surface area contributed by atoms with Crippen LogP contribution in [0.2, 0.25) is 0 Å². The molecule has 1 heterocycles. The van der Waals surface area contributed by atoms with Crippen molar-refractivity contribution < 1.29 is 9.53 Å². The predicted molar refractivity (Wildman–Crippen MR) is 63.5 cm³/mol. The summed E-state index contributed by atoms with van der Waals surface area (Å²) in [7, 11) is 1.75. The highest BCUT2D eigenvalue weighted by Gasteiger charge is 2.36. The first-order valence-electron chi connectivity index (χ1n) is 5.23. The molecule has 0 bridgehead atoms. The van der Waals surface area contributed by atoms with Crippen LogP contribution < -0.4 is 15.4 Å². The molecule has 2 rings (SSSR count). The molecule has 0 unspecified atom stereocenters. The van der Waals surface area contributed by atoms with E-state index < -0.39 is 5.41 Å². The maximum Gasteiger partial charge on any atom is 0.235 e. The van der Waals surface area contributed by atoms with Gasteiger partial charge in [0.05, 0.1) is 16.8 Å². The van der Waals surface area contributed by atoms with Crippen molar-refractivity contribution in [2.75, 3.05) is 24.3 Å². The van der Waals surface area contributed by atoms with Crippen molar-refractivity contribution in [3.63, 3.8) is 0 Å². The van der Waals surface area contributed by atoms with Gasteiger partial charge in [-0.1, -0.05) is 6.07 Å². The number of para-hydroxylation sites is 1. The van der Waals surface area contributed by atoms with Gasteiger partial charge in [0.15, 0.2) is 5.75 Å². The van der Waals surface area contributed by atoms with Crippen LogP contribution in [0.3, 0.4) is 0 Å². The van der Waals surface area contributed by atoms with Crippen molar-refractivity contribution >= 4 is 17.3 Å². The molecule has 86 valence electrons. The van der Waals surface area contributed by atoms with Gasteiger partial charge in [0.25, 0.3) is 0 Å². The van der Waals surface area contributed by atoms with E-state index in [1.54, 1.807) is 18.0 Å². The molecule has 0 atom stereocenters. The molecule has 1 aliphatic heterocycles. The zero-order valence-corrected chi connectivity index (χ0v) is 9.78. The lowest BCUT2D eigenvalue weighted by Crippen LogP contribution is -2.39. The number of carbonyl (C=O) groups excluding carboxylic acids is 1. The van der Waals surface area contributed by atoms with Gasteiger partial charge in [-0.25, -0.2) is 0 Å². The largest absolute Gasteiger partial charge is 0.488 e. The molecule has 16 heavy (non-hydrogen) atoms. The van der Waals surface area contributed by atoms with E-state index in [4.69, 9.17) is 10.5 Å². The molecule has 0 aromatic heterocycles. The number of ether oxygens (including phenoxy) is 1. The number of carbonyl (C=O) groups is 1. The lowest BCUT2D eigenvalue weighted by molar-refractivity contribution is -0.127. The van der Waals surface area contributed by atoms with E-state index in [0.717, 1.165) is 5.69 Å². The summed E-state index contributed by atoms with van der Waals surface area (Å²) in [6.45, 7) is 4.08. The molecule has 1 aliphatic rings. The summed E-state index contributed by atoms with van der Waals surface area (Å²) in [5.41, 5.74) is 6.61. The van der Waals surface area contributed by atoms with Crippen molar-refractivity contribution in [2.24, 2.45) is 5.41 Å². The van der Waals surface area contributed by atoms with Crippen LogP contribution in [0.15, 0.2) is 18.2 Å². The maximum absolute atomic E-state index is 12.1. The van der Waals surface area contributed by atoms with Crippen molar-refractivity contribution in [2.45, 2.75) is 13.8 Å². The van der Waals surface area contributed by atoms with Gasteiger partial charge in [0.2, 0.25) is 5.91 Å². The van der Waals surface area contributed by atoms with Crippen molar-refractivity contribution in [3.8, 4) is 5.75 Å². The molecule has 2 N–H and O–H groups in total. The lowest BCUT2D eigenvalue weighted by atomic mass is 9.93. The summed E-state index contributed by atoms with van der Waals surface area (Å²) in [5.74, 6) is 0.640. The molecule has 0 spiro atoms. The fourth-order valence-corrected chi connectivity index (χ4v) is 1.84. The van der Waals surface area contributed by atoms with Gasteiger partial charge >= 0.3 is 0 Å². The van der Waals surface area contributed by atoms with Crippen LogP contribution in [-0.2, 0) is 4.79 Å². The maximum atomic E-state index is 12.1. The number of nitrogens with zero attached hydrogens (tertiary/aromatic N) is 1. The van der Waals surface area contributed by atoms with E-state index in [0.29, 0.717) is 18.0 Å². The van der Waals surface area contributed by atoms with Crippen LogP contribution in [0, 0.1) is 5.41 Å². The Labute approximate surface area is 95.0 Å². The molecular formula is C12H16N2O2. The number of fused-ring (bicyclic) bond motifs is 1. The minimum Gasteiger partial charge on any atom is -0.488 e. The van der Waals surface area contributed by atoms with Crippen LogP contribution in [0.1, 0.15) is 13.8 Å². The Hall–Kier alpha value is -1.71. The molecule has 1 amide bonds. The normalized spacial score (nSPS) is 18.7. The predicted octanol–water partition coefficient (Wildman–Crippen LogP) is 1.65. The third-order valence-electron chi connectivity index (χ3n) is 2.85. The SMILES string of the molecule is CN1C(=O)C(C)(C)COc2c(N)cccc21. The van der Waals surface area contributed by atoms with Crippen LogP contribution in [-0.4, -0.2) is 19.6 Å². The minimum absolute atomic E-state index is 0.0388. The van der Waals surface area contributed by atoms with Gasteiger partial charge < -0.3 is 15.4 Å². The van der Waals surface area contributed by atoms with Gasteiger partial charge in [-0.15, -0.1) is 0 Å². The van der Waals surface area contributed by atoms with E-state index in [1.807, 2.05) is 26.0 Å². The Morgan fingerprint density at radius 2 is 2.12 bits per heavy atom. The second kappa shape index (κ2) is 3.40. The number of hydrogen-bond donors (Lipinski definition) is 1. The molecule has 0 radical (unpaired) electrons. The summed E-state index contributed by atoms with van der Waals surface area (Å²) >= 11 is 0. The molecule has 0 fully saturated rings. The van der Waals surface area contributed by atoms with Crippen LogP contribution >= 0.6 is 0 Å². The van der Waals surface area contributed by atoms with Crippen LogP contribution in [0.25, 0.3) is 0 Å². The smallest absolute Gasteiger partial charge is 0.235 e. The molecule has 0 saturated carbocycles. The first kappa shape index (κ1) is 10.8. The monoisotopic (exact) mass is 220 g/mol. The van der Waals surface area contributed by atoms with E-state index in [-0.39, 0.29) is 5.91 Å². The molecule has 1 aromatic rings. The average Bonchev–Trinajstić information content (AvgIpc) is 2.32. The summed E-state index contributed by atoms with van der Waals surface area (Å²) in [4.78, 5) is 13.8. The Morgan fingerprint density at radius 1 is 1.44 bits per heavy atom. The third-order valence-corrected chi connectivity index (χ3v) is 2.85. The van der Waals surface area contributed by atoms with Gasteiger partial charge in [0, 0.05) is 7.05 Å². The topological polar surface area (TPSA) is 55.6 Å². The fraction of sp³-hybridized carbons (Fsp3) is 0.417. The quantitative estimate of drug-likeness (QED) is 0.676. The second-order valence-corrected chi connectivity index (χ2v) is 4.73. The van der Waals surface area contributed by atoms with Gasteiger partial charge in [-0.2, -0.15) is 0 Å². The lowest BCUT2D eigenvalue weighted by Gasteiger charge is -2.24. The number of nitrogen functional groups attached to an aromatic ring is 1. The first-order valence-corrected chi connectivity index (χ1v) is 5.23. The summed E-state index contributed by atoms with van der Waals surface area (Å²) in [6.07, 6.45) is 0. The second-order valence-electron chi connectivity index (χ2n) is 4.73. The fourth-order valence-electron chi connectivity index (χ4n) is 1.84. The summed E-state index contributed by atoms with van der Waals surface area (Å²) < 4.78 is 5.65. The summed E-state index contributed by atoms with van der Waals surface area (Å²) in [5, 5.41) is 0. The first-order chi connectivity index (χ1) is 7.43. The zero-order valence-electron chi connectivity index (χ0n) is 9.78. The highest BCUT2D eigenvalue weighted by molar-refractivity contribution is 5.99. The Morgan fingerprint density at radius 3 is 2.81 bits per heavy atom.